The van der Waals surface area contributed by atoms with Gasteiger partial charge >= 0.3 is 0 Å². The van der Waals surface area contributed by atoms with E-state index in [1.54, 1.807) is 41.9 Å². The number of aromatic nitrogens is 1. The van der Waals surface area contributed by atoms with Crippen LogP contribution in [0.5, 0.6) is 0 Å². The molecule has 2 aromatic carbocycles. The molecule has 2 N–H and O–H groups in total. The Hall–Kier alpha value is -3.97. The molecule has 1 aliphatic rings. The molecule has 5 rings (SSSR count). The van der Waals surface area contributed by atoms with Gasteiger partial charge in [-0.1, -0.05) is 30.3 Å². The first-order valence-electron chi connectivity index (χ1n) is 9.21. The highest BCUT2D eigenvalue weighted by molar-refractivity contribution is 7.13. The second-order valence-electron chi connectivity index (χ2n) is 6.63. The molecule has 3 heterocycles. The predicted octanol–water partition coefficient (Wildman–Crippen LogP) is 5.15. The van der Waals surface area contributed by atoms with Gasteiger partial charge in [0.1, 0.15) is 11.5 Å². The zero-order chi connectivity index (χ0) is 20.5. The number of fused-ring (bicyclic) bond motifs is 1. The Labute approximate surface area is 175 Å². The van der Waals surface area contributed by atoms with Gasteiger partial charge in [0, 0.05) is 34.0 Å². The Balaban J connectivity index is 1.41. The van der Waals surface area contributed by atoms with Gasteiger partial charge in [-0.25, -0.2) is 4.98 Å². The summed E-state index contributed by atoms with van der Waals surface area (Å²) in [5, 5.41) is 7.96. The number of carbonyl (C=O) groups is 2. The molecule has 0 saturated carbocycles. The predicted molar refractivity (Wildman–Crippen MR) is 117 cm³/mol. The number of anilines is 2. The molecule has 0 spiro atoms. The summed E-state index contributed by atoms with van der Waals surface area (Å²) in [4.78, 5) is 28.8. The minimum Gasteiger partial charge on any atom is -0.457 e. The van der Waals surface area contributed by atoms with E-state index in [2.05, 4.69) is 15.6 Å². The third-order valence-corrected chi connectivity index (χ3v) is 5.37. The van der Waals surface area contributed by atoms with Crippen LogP contribution in [0.15, 0.2) is 76.7 Å². The van der Waals surface area contributed by atoms with E-state index in [0.717, 1.165) is 16.8 Å². The van der Waals surface area contributed by atoms with Gasteiger partial charge in [0.2, 0.25) is 0 Å². The van der Waals surface area contributed by atoms with Crippen molar-refractivity contribution in [2.75, 3.05) is 10.6 Å². The Morgan fingerprint density at radius 3 is 2.87 bits per heavy atom. The number of furan rings is 1. The summed E-state index contributed by atoms with van der Waals surface area (Å²) < 4.78 is 5.94. The Morgan fingerprint density at radius 2 is 2.00 bits per heavy atom. The maximum Gasteiger partial charge on any atom is 0.257 e. The van der Waals surface area contributed by atoms with E-state index in [1.807, 2.05) is 36.4 Å². The van der Waals surface area contributed by atoms with E-state index in [-0.39, 0.29) is 11.8 Å². The minimum atomic E-state index is -0.236. The monoisotopic (exact) mass is 413 g/mol. The maximum atomic E-state index is 12.5. The molecule has 0 saturated heterocycles. The summed E-state index contributed by atoms with van der Waals surface area (Å²) in [5.41, 5.74) is 3.47. The van der Waals surface area contributed by atoms with Gasteiger partial charge in [-0.2, -0.15) is 0 Å². The molecule has 0 aliphatic carbocycles. The number of hydrogen-bond acceptors (Lipinski definition) is 5. The lowest BCUT2D eigenvalue weighted by molar-refractivity contribution is -0.110. The maximum absolute atomic E-state index is 12.5. The number of amides is 2. The Bertz CT molecular complexity index is 1290. The average Bonchev–Trinajstić information content (AvgIpc) is 3.50. The lowest BCUT2D eigenvalue weighted by Gasteiger charge is -2.03. The zero-order valence-corrected chi connectivity index (χ0v) is 16.4. The average molecular weight is 413 g/mol. The van der Waals surface area contributed by atoms with Crippen LogP contribution >= 0.6 is 11.3 Å². The topological polar surface area (TPSA) is 84.2 Å². The summed E-state index contributed by atoms with van der Waals surface area (Å²) in [6.45, 7) is 0. The molecule has 2 aromatic heterocycles. The molecule has 0 fully saturated rings. The van der Waals surface area contributed by atoms with Crippen LogP contribution in [0.1, 0.15) is 21.7 Å². The van der Waals surface area contributed by atoms with Crippen LogP contribution in [0, 0.1) is 0 Å². The highest BCUT2D eigenvalue weighted by Crippen LogP contribution is 2.33. The van der Waals surface area contributed by atoms with Crippen LogP contribution in [-0.4, -0.2) is 16.8 Å². The summed E-state index contributed by atoms with van der Waals surface area (Å²) in [7, 11) is 0. The van der Waals surface area contributed by atoms with E-state index in [9.17, 15) is 9.59 Å². The van der Waals surface area contributed by atoms with Crippen molar-refractivity contribution in [3.8, 4) is 11.3 Å². The first-order chi connectivity index (χ1) is 14.7. The summed E-state index contributed by atoms with van der Waals surface area (Å²) in [6.07, 6.45) is 3.36. The van der Waals surface area contributed by atoms with E-state index in [4.69, 9.17) is 4.42 Å². The number of nitrogens with one attached hydrogen (secondary N) is 2. The van der Waals surface area contributed by atoms with Crippen molar-refractivity contribution < 1.29 is 14.0 Å². The SMILES string of the molecule is O=C1Nc2ccccc2C1=Cc1ccc(-c2cccc(C(=O)Nc3nccs3)c2)o1. The van der Waals surface area contributed by atoms with Gasteiger partial charge in [-0.3, -0.25) is 14.9 Å². The molecule has 6 nitrogen and oxygen atoms in total. The van der Waals surface area contributed by atoms with Crippen LogP contribution in [0.4, 0.5) is 10.8 Å². The van der Waals surface area contributed by atoms with Crippen LogP contribution in [0.25, 0.3) is 23.0 Å². The van der Waals surface area contributed by atoms with Crippen LogP contribution in [-0.2, 0) is 4.79 Å². The van der Waals surface area contributed by atoms with Crippen molar-refractivity contribution in [2.45, 2.75) is 0 Å². The zero-order valence-electron chi connectivity index (χ0n) is 15.6. The van der Waals surface area contributed by atoms with Crippen LogP contribution in [0.3, 0.4) is 0 Å². The molecule has 0 atom stereocenters. The summed E-state index contributed by atoms with van der Waals surface area (Å²) in [5.74, 6) is 0.775. The molecule has 146 valence electrons. The number of hydrogen-bond donors (Lipinski definition) is 2. The van der Waals surface area contributed by atoms with E-state index < -0.39 is 0 Å². The Morgan fingerprint density at radius 1 is 1.10 bits per heavy atom. The van der Waals surface area contributed by atoms with E-state index in [0.29, 0.717) is 27.8 Å². The van der Waals surface area contributed by atoms with E-state index >= 15 is 0 Å². The van der Waals surface area contributed by atoms with Gasteiger partial charge in [-0.05, 0) is 36.4 Å². The van der Waals surface area contributed by atoms with Gasteiger partial charge in [-0.15, -0.1) is 11.3 Å². The molecule has 7 heteroatoms. The molecule has 30 heavy (non-hydrogen) atoms. The fourth-order valence-electron chi connectivity index (χ4n) is 3.28. The van der Waals surface area contributed by atoms with Crippen molar-refractivity contribution in [3.63, 3.8) is 0 Å². The highest BCUT2D eigenvalue weighted by atomic mass is 32.1. The van der Waals surface area contributed by atoms with Gasteiger partial charge in [0.05, 0.1) is 5.57 Å². The summed E-state index contributed by atoms with van der Waals surface area (Å²) >= 11 is 1.36. The first-order valence-corrected chi connectivity index (χ1v) is 10.1. The van der Waals surface area contributed by atoms with Crippen molar-refractivity contribution in [1.82, 2.24) is 4.98 Å². The lowest BCUT2D eigenvalue weighted by Crippen LogP contribution is -2.11. The normalized spacial score (nSPS) is 13.9. The van der Waals surface area contributed by atoms with Crippen LogP contribution in [0.2, 0.25) is 0 Å². The Kier molecular flexibility index (Phi) is 4.49. The number of rotatable bonds is 4. The second-order valence-corrected chi connectivity index (χ2v) is 7.53. The second kappa shape index (κ2) is 7.46. The minimum absolute atomic E-state index is 0.157. The number of carbonyl (C=O) groups excluding carboxylic acids is 2. The van der Waals surface area contributed by atoms with Gasteiger partial charge in [0.15, 0.2) is 5.13 Å². The smallest absolute Gasteiger partial charge is 0.257 e. The fourth-order valence-corrected chi connectivity index (χ4v) is 3.80. The fraction of sp³-hybridized carbons (Fsp3) is 0. The lowest BCUT2D eigenvalue weighted by atomic mass is 10.1. The van der Waals surface area contributed by atoms with Crippen molar-refractivity contribution in [2.24, 2.45) is 0 Å². The van der Waals surface area contributed by atoms with Gasteiger partial charge in [0.25, 0.3) is 11.8 Å². The molecule has 0 unspecified atom stereocenters. The van der Waals surface area contributed by atoms with Crippen LogP contribution < -0.4 is 10.6 Å². The first kappa shape index (κ1) is 18.1. The van der Waals surface area contributed by atoms with Crippen molar-refractivity contribution >= 4 is 45.6 Å². The molecular formula is C23H15N3O3S. The summed E-state index contributed by atoms with van der Waals surface area (Å²) in [6, 6.07) is 18.3. The largest absolute Gasteiger partial charge is 0.457 e. The standard InChI is InChI=1S/C23H15N3O3S/c27-21(26-23-24-10-11-30-23)15-5-3-4-14(12-15)20-9-8-16(29-20)13-18-17-6-1-2-7-19(17)25-22(18)28/h1-13H,(H,25,28)(H,24,26,27). The molecular weight excluding hydrogens is 398 g/mol. The van der Waals surface area contributed by atoms with E-state index in [1.165, 1.54) is 11.3 Å². The molecule has 1 aliphatic heterocycles. The third-order valence-electron chi connectivity index (χ3n) is 4.69. The number of benzene rings is 2. The molecule has 4 aromatic rings. The number of thiazole rings is 1. The molecule has 2 amide bonds. The number of para-hydroxylation sites is 1. The highest BCUT2D eigenvalue weighted by Gasteiger charge is 2.23. The third kappa shape index (κ3) is 3.42. The molecule has 0 bridgehead atoms. The quantitative estimate of drug-likeness (QED) is 0.453. The van der Waals surface area contributed by atoms with Crippen molar-refractivity contribution in [1.29, 1.82) is 0 Å². The van der Waals surface area contributed by atoms with Gasteiger partial charge < -0.3 is 9.73 Å². The van der Waals surface area contributed by atoms with Crippen molar-refractivity contribution in [3.05, 3.63) is 89.1 Å². The molecule has 0 radical (unpaired) electrons. The number of nitrogens with zero attached hydrogens (tertiary/aromatic N) is 1.